The number of ketones is 1. The number of hydrogen-bond acceptors (Lipinski definition) is 1. The quantitative estimate of drug-likeness (QED) is 0.704. The second-order valence-corrected chi connectivity index (χ2v) is 5.74. The van der Waals surface area contributed by atoms with E-state index in [1.165, 1.54) is 16.0 Å². The molecule has 1 aliphatic rings. The van der Waals surface area contributed by atoms with Gasteiger partial charge in [0.1, 0.15) is 13.1 Å². The molecule has 0 saturated carbocycles. The summed E-state index contributed by atoms with van der Waals surface area (Å²) in [4.78, 5) is 13.6. The van der Waals surface area contributed by atoms with Crippen molar-refractivity contribution in [3.05, 3.63) is 70.2 Å². The minimum atomic E-state index is 0. The van der Waals surface area contributed by atoms with Crippen LogP contribution in [0.3, 0.4) is 0 Å². The highest BCUT2D eigenvalue weighted by Crippen LogP contribution is 2.11. The van der Waals surface area contributed by atoms with Crippen LogP contribution in [0, 0.1) is 0 Å². The standard InChI is InChI=1S/C17H16ClNO.BrH/c18-16-7-5-14(6-8-16)17(20)12-19-10-9-13-3-1-2-4-15(13)11-19;/h1-8H,9-12H2;1H. The second-order valence-electron chi connectivity index (χ2n) is 5.30. The number of nitrogens with one attached hydrogen (secondary N) is 1. The molecule has 3 rings (SSSR count). The van der Waals surface area contributed by atoms with Crippen LogP contribution in [0.4, 0.5) is 0 Å². The van der Waals surface area contributed by atoms with Crippen LogP contribution in [0.5, 0.6) is 0 Å². The van der Waals surface area contributed by atoms with Gasteiger partial charge in [0.05, 0.1) is 6.54 Å². The molecule has 2 aromatic rings. The molecular formula is C17H17BrClNO. The topological polar surface area (TPSA) is 21.5 Å². The lowest BCUT2D eigenvalue weighted by Crippen LogP contribution is -3.12. The van der Waals surface area contributed by atoms with Crippen molar-refractivity contribution < 1.29 is 26.7 Å². The maximum atomic E-state index is 12.3. The summed E-state index contributed by atoms with van der Waals surface area (Å²) in [6, 6.07) is 15.7. The fraction of sp³-hybridized carbons (Fsp3) is 0.235. The first kappa shape index (κ1) is 16.2. The zero-order valence-electron chi connectivity index (χ0n) is 11.6. The monoisotopic (exact) mass is 365 g/mol. The maximum Gasteiger partial charge on any atom is 0.216 e. The number of benzene rings is 2. The van der Waals surface area contributed by atoms with Gasteiger partial charge in [-0.3, -0.25) is 4.79 Å². The van der Waals surface area contributed by atoms with Crippen LogP contribution in [0.1, 0.15) is 21.5 Å². The van der Waals surface area contributed by atoms with Crippen molar-refractivity contribution in [2.75, 3.05) is 13.1 Å². The first-order chi connectivity index (χ1) is 9.72. The molecule has 0 aliphatic carbocycles. The molecule has 0 aromatic heterocycles. The molecule has 1 heterocycles. The zero-order chi connectivity index (χ0) is 13.9. The van der Waals surface area contributed by atoms with E-state index in [1.807, 2.05) is 12.1 Å². The fourth-order valence-electron chi connectivity index (χ4n) is 2.76. The first-order valence-electron chi connectivity index (χ1n) is 6.91. The van der Waals surface area contributed by atoms with E-state index in [0.717, 1.165) is 25.1 Å². The van der Waals surface area contributed by atoms with Crippen molar-refractivity contribution in [1.29, 1.82) is 0 Å². The minimum absolute atomic E-state index is 0. The van der Waals surface area contributed by atoms with Crippen molar-refractivity contribution in [2.24, 2.45) is 0 Å². The third-order valence-electron chi connectivity index (χ3n) is 3.88. The Morgan fingerprint density at radius 2 is 1.71 bits per heavy atom. The predicted octanol–water partition coefficient (Wildman–Crippen LogP) is -0.832. The van der Waals surface area contributed by atoms with E-state index >= 15 is 0 Å². The highest BCUT2D eigenvalue weighted by Gasteiger charge is 2.21. The molecule has 1 unspecified atom stereocenters. The molecule has 1 N–H and O–H groups in total. The van der Waals surface area contributed by atoms with Gasteiger partial charge in [-0.2, -0.15) is 0 Å². The van der Waals surface area contributed by atoms with E-state index in [-0.39, 0.29) is 22.8 Å². The zero-order valence-corrected chi connectivity index (χ0v) is 14.0. The number of carbonyl (C=O) groups is 1. The van der Waals surface area contributed by atoms with Crippen LogP contribution in [0.15, 0.2) is 48.5 Å². The lowest BCUT2D eigenvalue weighted by Gasteiger charge is -2.25. The van der Waals surface area contributed by atoms with Gasteiger partial charge in [-0.25, -0.2) is 0 Å². The largest absolute Gasteiger partial charge is 1.00 e. The molecule has 110 valence electrons. The summed E-state index contributed by atoms with van der Waals surface area (Å²) in [6.45, 7) is 2.52. The molecule has 1 aliphatic heterocycles. The van der Waals surface area contributed by atoms with Gasteiger partial charge in [-0.1, -0.05) is 35.9 Å². The third kappa shape index (κ3) is 3.94. The summed E-state index contributed by atoms with van der Waals surface area (Å²) >= 11 is 5.85. The Labute approximate surface area is 140 Å². The van der Waals surface area contributed by atoms with E-state index in [4.69, 9.17) is 11.6 Å². The summed E-state index contributed by atoms with van der Waals surface area (Å²) in [6.07, 6.45) is 1.05. The molecule has 0 fully saturated rings. The number of quaternary nitrogens is 1. The Hall–Kier alpha value is -1.16. The Morgan fingerprint density at radius 1 is 1.05 bits per heavy atom. The van der Waals surface area contributed by atoms with Gasteiger partial charge in [0.15, 0.2) is 0 Å². The van der Waals surface area contributed by atoms with Crippen LogP contribution < -0.4 is 21.9 Å². The van der Waals surface area contributed by atoms with Gasteiger partial charge in [-0.05, 0) is 29.8 Å². The van der Waals surface area contributed by atoms with Gasteiger partial charge >= 0.3 is 0 Å². The molecule has 0 spiro atoms. The summed E-state index contributed by atoms with van der Waals surface area (Å²) in [7, 11) is 0. The number of carbonyl (C=O) groups excluding carboxylic acids is 1. The van der Waals surface area contributed by atoms with Crippen LogP contribution in [-0.4, -0.2) is 18.9 Å². The molecule has 0 radical (unpaired) electrons. The van der Waals surface area contributed by atoms with Gasteiger partial charge in [0.25, 0.3) is 0 Å². The van der Waals surface area contributed by atoms with Crippen molar-refractivity contribution in [1.82, 2.24) is 0 Å². The molecule has 4 heteroatoms. The van der Waals surface area contributed by atoms with Crippen molar-refractivity contribution in [2.45, 2.75) is 13.0 Å². The van der Waals surface area contributed by atoms with Crippen molar-refractivity contribution in [3.63, 3.8) is 0 Å². The number of halogens is 2. The van der Waals surface area contributed by atoms with Crippen LogP contribution in [-0.2, 0) is 13.0 Å². The van der Waals surface area contributed by atoms with E-state index < -0.39 is 0 Å². The van der Waals surface area contributed by atoms with E-state index in [2.05, 4.69) is 24.3 Å². The highest BCUT2D eigenvalue weighted by atomic mass is 79.9. The van der Waals surface area contributed by atoms with Gasteiger partial charge in [0, 0.05) is 22.6 Å². The molecule has 2 aromatic carbocycles. The molecular weight excluding hydrogens is 350 g/mol. The van der Waals surface area contributed by atoms with Crippen LogP contribution >= 0.6 is 11.6 Å². The Kier molecular flexibility index (Phi) is 5.57. The Morgan fingerprint density at radius 3 is 2.43 bits per heavy atom. The molecule has 1 atom stereocenters. The minimum Gasteiger partial charge on any atom is -1.00 e. The summed E-state index contributed by atoms with van der Waals surface area (Å²) in [5, 5.41) is 0.667. The smallest absolute Gasteiger partial charge is 0.216 e. The number of rotatable bonds is 3. The van der Waals surface area contributed by atoms with Gasteiger partial charge < -0.3 is 21.9 Å². The van der Waals surface area contributed by atoms with E-state index in [1.54, 1.807) is 12.1 Å². The lowest BCUT2D eigenvalue weighted by molar-refractivity contribution is -0.907. The second kappa shape index (κ2) is 7.21. The first-order valence-corrected chi connectivity index (χ1v) is 7.29. The Bertz CT molecular complexity index is 627. The average Bonchev–Trinajstić information content (AvgIpc) is 2.48. The number of hydrogen-bond donors (Lipinski definition) is 1. The SMILES string of the molecule is O=C(C[NH+]1CCc2ccccc2C1)c1ccc(Cl)cc1.[Br-]. The molecule has 2 nitrogen and oxygen atoms in total. The Balaban J connectivity index is 0.00000161. The summed E-state index contributed by atoms with van der Waals surface area (Å²) < 4.78 is 0. The number of Topliss-reactive ketones (excluding diaryl/α,β-unsaturated/α-hetero) is 1. The molecule has 0 bridgehead atoms. The van der Waals surface area contributed by atoms with E-state index in [0.29, 0.717) is 11.6 Å². The maximum absolute atomic E-state index is 12.3. The van der Waals surface area contributed by atoms with Crippen LogP contribution in [0.25, 0.3) is 0 Å². The predicted molar refractivity (Wildman–Crippen MR) is 80.3 cm³/mol. The van der Waals surface area contributed by atoms with Gasteiger partial charge in [0.2, 0.25) is 5.78 Å². The van der Waals surface area contributed by atoms with Crippen LogP contribution in [0.2, 0.25) is 5.02 Å². The normalized spacial score (nSPS) is 16.7. The summed E-state index contributed by atoms with van der Waals surface area (Å²) in [5.74, 6) is 0.191. The van der Waals surface area contributed by atoms with E-state index in [9.17, 15) is 4.79 Å². The molecule has 21 heavy (non-hydrogen) atoms. The van der Waals surface area contributed by atoms with Crippen molar-refractivity contribution >= 4 is 17.4 Å². The average molecular weight is 367 g/mol. The molecule has 0 amide bonds. The van der Waals surface area contributed by atoms with Crippen molar-refractivity contribution in [3.8, 4) is 0 Å². The summed E-state index contributed by atoms with van der Waals surface area (Å²) in [5.41, 5.74) is 3.55. The lowest BCUT2D eigenvalue weighted by atomic mass is 9.99. The molecule has 0 saturated heterocycles. The number of fused-ring (bicyclic) bond motifs is 1. The van der Waals surface area contributed by atoms with Gasteiger partial charge in [-0.15, -0.1) is 0 Å². The highest BCUT2D eigenvalue weighted by molar-refractivity contribution is 6.30. The fourth-order valence-corrected chi connectivity index (χ4v) is 2.88. The third-order valence-corrected chi connectivity index (χ3v) is 4.14.